The van der Waals surface area contributed by atoms with Crippen molar-refractivity contribution in [3.05, 3.63) is 34.9 Å². The highest BCUT2D eigenvalue weighted by molar-refractivity contribution is 7.89. The Morgan fingerprint density at radius 3 is 3.00 bits per heavy atom. The van der Waals surface area contributed by atoms with E-state index in [9.17, 15) is 8.42 Å². The second-order valence-corrected chi connectivity index (χ2v) is 6.44. The lowest BCUT2D eigenvalue weighted by molar-refractivity contribution is 0.558. The highest BCUT2D eigenvalue weighted by Crippen LogP contribution is 2.12. The van der Waals surface area contributed by atoms with Crippen molar-refractivity contribution in [3.63, 3.8) is 0 Å². The monoisotopic (exact) mass is 271 g/mol. The van der Waals surface area contributed by atoms with E-state index in [1.54, 1.807) is 11.3 Å². The molecule has 0 bridgehead atoms. The van der Waals surface area contributed by atoms with Crippen molar-refractivity contribution in [1.82, 2.24) is 14.7 Å². The first-order valence-corrected chi connectivity index (χ1v) is 7.47. The summed E-state index contributed by atoms with van der Waals surface area (Å²) in [6.45, 7) is 1.84. The minimum atomic E-state index is -3.48. The number of nitrogens with one attached hydrogen (secondary N) is 2. The van der Waals surface area contributed by atoms with Crippen molar-refractivity contribution >= 4 is 21.4 Å². The van der Waals surface area contributed by atoms with Crippen molar-refractivity contribution in [2.24, 2.45) is 0 Å². The van der Waals surface area contributed by atoms with E-state index < -0.39 is 10.0 Å². The number of thiophene rings is 1. The molecular formula is C10H13N3O2S2. The van der Waals surface area contributed by atoms with Gasteiger partial charge in [-0.2, -0.15) is 0 Å². The average molecular weight is 271 g/mol. The molecule has 1 atom stereocenters. The summed E-state index contributed by atoms with van der Waals surface area (Å²) in [6, 6.07) is 3.80. The van der Waals surface area contributed by atoms with Gasteiger partial charge < -0.3 is 4.98 Å². The minimum Gasteiger partial charge on any atom is -0.335 e. The van der Waals surface area contributed by atoms with Crippen LogP contribution < -0.4 is 4.72 Å². The van der Waals surface area contributed by atoms with Crippen molar-refractivity contribution in [2.75, 3.05) is 0 Å². The molecule has 0 fully saturated rings. The van der Waals surface area contributed by atoms with Crippen molar-refractivity contribution in [3.8, 4) is 0 Å². The third-order valence-corrected chi connectivity index (χ3v) is 4.62. The van der Waals surface area contributed by atoms with Crippen LogP contribution in [0.1, 0.15) is 11.8 Å². The number of aromatic amines is 1. The Labute approximate surface area is 104 Å². The second kappa shape index (κ2) is 4.99. The zero-order chi connectivity index (χ0) is 12.3. The van der Waals surface area contributed by atoms with Gasteiger partial charge in [0.1, 0.15) is 0 Å². The maximum absolute atomic E-state index is 11.9. The lowest BCUT2D eigenvalue weighted by Gasteiger charge is -2.11. The average Bonchev–Trinajstić information content (AvgIpc) is 2.87. The zero-order valence-corrected chi connectivity index (χ0v) is 10.9. The summed E-state index contributed by atoms with van der Waals surface area (Å²) >= 11 is 1.62. The van der Waals surface area contributed by atoms with Gasteiger partial charge in [0.25, 0.3) is 10.0 Å². The van der Waals surface area contributed by atoms with E-state index in [2.05, 4.69) is 14.7 Å². The Balaban J connectivity index is 2.01. The van der Waals surface area contributed by atoms with E-state index in [1.807, 2.05) is 24.4 Å². The maximum Gasteiger partial charge on any atom is 0.257 e. The van der Waals surface area contributed by atoms with Crippen molar-refractivity contribution in [1.29, 1.82) is 0 Å². The molecule has 2 rings (SSSR count). The fourth-order valence-corrected chi connectivity index (χ4v) is 3.47. The Hall–Kier alpha value is -1.18. The van der Waals surface area contributed by atoms with Crippen LogP contribution in [0, 0.1) is 0 Å². The number of aromatic nitrogens is 2. The SMILES string of the molecule is CC(Cc1cccs1)NS(=O)(=O)c1cnc[nH]1. The molecule has 92 valence electrons. The van der Waals surface area contributed by atoms with Crippen LogP contribution >= 0.6 is 11.3 Å². The first-order chi connectivity index (χ1) is 8.08. The van der Waals surface area contributed by atoms with Crippen LogP contribution in [0.2, 0.25) is 0 Å². The molecule has 0 saturated carbocycles. The summed E-state index contributed by atoms with van der Waals surface area (Å²) in [5, 5.41) is 2.07. The maximum atomic E-state index is 11.9. The van der Waals surface area contributed by atoms with Gasteiger partial charge in [-0.15, -0.1) is 11.3 Å². The molecule has 1 unspecified atom stereocenters. The van der Waals surface area contributed by atoms with E-state index in [-0.39, 0.29) is 11.1 Å². The molecule has 0 aliphatic carbocycles. The predicted octanol–water partition coefficient (Wildman–Crippen LogP) is 1.38. The molecule has 0 aliphatic heterocycles. The zero-order valence-electron chi connectivity index (χ0n) is 9.25. The van der Waals surface area contributed by atoms with Gasteiger partial charge in [0.15, 0.2) is 5.03 Å². The highest BCUT2D eigenvalue weighted by atomic mass is 32.2. The molecule has 5 nitrogen and oxygen atoms in total. The van der Waals surface area contributed by atoms with Gasteiger partial charge >= 0.3 is 0 Å². The third kappa shape index (κ3) is 3.15. The summed E-state index contributed by atoms with van der Waals surface area (Å²) in [5.41, 5.74) is 0. The van der Waals surface area contributed by atoms with Gasteiger partial charge in [0.05, 0.1) is 12.5 Å². The molecule has 0 aliphatic rings. The molecule has 0 aromatic carbocycles. The van der Waals surface area contributed by atoms with E-state index in [4.69, 9.17) is 0 Å². The summed E-state index contributed by atoms with van der Waals surface area (Å²) in [6.07, 6.45) is 3.32. The Kier molecular flexibility index (Phi) is 3.60. The predicted molar refractivity (Wildman–Crippen MR) is 66.4 cm³/mol. The lowest BCUT2D eigenvalue weighted by atomic mass is 10.2. The fourth-order valence-electron chi connectivity index (χ4n) is 1.49. The molecular weight excluding hydrogens is 258 g/mol. The van der Waals surface area contributed by atoms with Gasteiger partial charge in [-0.1, -0.05) is 6.07 Å². The number of hydrogen-bond donors (Lipinski definition) is 2. The van der Waals surface area contributed by atoms with Gasteiger partial charge in [-0.05, 0) is 24.8 Å². The summed E-state index contributed by atoms with van der Waals surface area (Å²) in [7, 11) is -3.48. The number of imidazole rings is 1. The number of sulfonamides is 1. The van der Waals surface area contributed by atoms with Gasteiger partial charge in [-0.3, -0.25) is 0 Å². The van der Waals surface area contributed by atoms with Crippen LogP contribution in [0.4, 0.5) is 0 Å². The molecule has 0 radical (unpaired) electrons. The fraction of sp³-hybridized carbons (Fsp3) is 0.300. The largest absolute Gasteiger partial charge is 0.335 e. The standard InChI is InChI=1S/C10H13N3O2S2/c1-8(5-9-3-2-4-16-9)13-17(14,15)10-6-11-7-12-10/h2-4,6-8,13H,5H2,1H3,(H,11,12). The number of H-pyrrole nitrogens is 1. The molecule has 2 aromatic rings. The Morgan fingerprint density at radius 2 is 2.41 bits per heavy atom. The quantitative estimate of drug-likeness (QED) is 0.862. The van der Waals surface area contributed by atoms with Crippen LogP contribution in [-0.4, -0.2) is 24.4 Å². The summed E-state index contributed by atoms with van der Waals surface area (Å²) in [5.74, 6) is 0. The first-order valence-electron chi connectivity index (χ1n) is 5.11. The highest BCUT2D eigenvalue weighted by Gasteiger charge is 2.18. The topological polar surface area (TPSA) is 74.8 Å². The third-order valence-electron chi connectivity index (χ3n) is 2.21. The van der Waals surface area contributed by atoms with Gasteiger partial charge in [-0.25, -0.2) is 18.1 Å². The molecule has 0 spiro atoms. The molecule has 17 heavy (non-hydrogen) atoms. The Bertz CT molecular complexity index is 546. The smallest absolute Gasteiger partial charge is 0.257 e. The molecule has 0 saturated heterocycles. The van der Waals surface area contributed by atoms with Gasteiger partial charge in [0, 0.05) is 10.9 Å². The number of rotatable bonds is 5. The summed E-state index contributed by atoms with van der Waals surface area (Å²) < 4.78 is 26.3. The molecule has 2 aromatic heterocycles. The van der Waals surface area contributed by atoms with E-state index in [0.29, 0.717) is 6.42 Å². The van der Waals surface area contributed by atoms with Crippen LogP contribution in [0.25, 0.3) is 0 Å². The lowest BCUT2D eigenvalue weighted by Crippen LogP contribution is -2.34. The van der Waals surface area contributed by atoms with Gasteiger partial charge in [0.2, 0.25) is 0 Å². The normalized spacial score (nSPS) is 13.7. The van der Waals surface area contributed by atoms with Crippen LogP contribution in [0.15, 0.2) is 35.1 Å². The molecule has 2 N–H and O–H groups in total. The Morgan fingerprint density at radius 1 is 1.59 bits per heavy atom. The van der Waals surface area contributed by atoms with E-state index in [0.717, 1.165) is 4.88 Å². The molecule has 7 heteroatoms. The van der Waals surface area contributed by atoms with Crippen molar-refractivity contribution in [2.45, 2.75) is 24.4 Å². The van der Waals surface area contributed by atoms with E-state index >= 15 is 0 Å². The first kappa shape index (κ1) is 12.3. The van der Waals surface area contributed by atoms with Crippen molar-refractivity contribution < 1.29 is 8.42 Å². The minimum absolute atomic E-state index is 0.0931. The van der Waals surface area contributed by atoms with E-state index in [1.165, 1.54) is 12.5 Å². The molecule has 2 heterocycles. The second-order valence-electron chi connectivity index (χ2n) is 3.72. The van der Waals surface area contributed by atoms with Crippen LogP contribution in [0.3, 0.4) is 0 Å². The number of hydrogen-bond acceptors (Lipinski definition) is 4. The number of nitrogens with zero attached hydrogens (tertiary/aromatic N) is 1. The summed E-state index contributed by atoms with van der Waals surface area (Å²) in [4.78, 5) is 7.44. The van der Waals surface area contributed by atoms with Crippen LogP contribution in [-0.2, 0) is 16.4 Å². The molecule has 0 amide bonds. The van der Waals surface area contributed by atoms with Crippen LogP contribution in [0.5, 0.6) is 0 Å².